The zero-order chi connectivity index (χ0) is 11.4. The van der Waals surface area contributed by atoms with Crippen LogP contribution >= 0.6 is 0 Å². The normalized spacial score (nSPS) is 10.4. The number of alkyl halides is 2. The second-order valence-electron chi connectivity index (χ2n) is 2.93. The summed E-state index contributed by atoms with van der Waals surface area (Å²) in [5.74, 6) is -1.21. The van der Waals surface area contributed by atoms with Crippen LogP contribution in [0.3, 0.4) is 0 Å². The van der Waals surface area contributed by atoms with E-state index in [-0.39, 0.29) is 11.4 Å². The fraction of sp³-hybridized carbons (Fsp3) is 0.333. The summed E-state index contributed by atoms with van der Waals surface area (Å²) in [5.41, 5.74) is 0.410. The van der Waals surface area contributed by atoms with Crippen molar-refractivity contribution in [2.45, 2.75) is 13.3 Å². The summed E-state index contributed by atoms with van der Waals surface area (Å²) >= 11 is 0. The maximum Gasteiger partial charge on any atom is 0.339 e. The van der Waals surface area contributed by atoms with Crippen molar-refractivity contribution in [2.24, 2.45) is 0 Å². The van der Waals surface area contributed by atoms with Crippen molar-refractivity contribution in [2.75, 3.05) is 11.9 Å². The van der Waals surface area contributed by atoms with E-state index in [1.807, 2.05) is 0 Å². The van der Waals surface area contributed by atoms with Gasteiger partial charge in [0.2, 0.25) is 0 Å². The largest absolute Gasteiger partial charge is 0.478 e. The molecule has 6 heteroatoms. The third-order valence-corrected chi connectivity index (χ3v) is 1.80. The van der Waals surface area contributed by atoms with Gasteiger partial charge in [-0.3, -0.25) is 0 Å². The van der Waals surface area contributed by atoms with E-state index in [0.29, 0.717) is 5.56 Å². The molecule has 0 aliphatic rings. The average Bonchev–Trinajstić information content (AvgIpc) is 2.13. The molecule has 0 spiro atoms. The molecule has 4 nitrogen and oxygen atoms in total. The quantitative estimate of drug-likeness (QED) is 0.805. The molecule has 82 valence electrons. The highest BCUT2D eigenvalue weighted by atomic mass is 19.3. The smallest absolute Gasteiger partial charge is 0.339 e. The summed E-state index contributed by atoms with van der Waals surface area (Å²) in [4.78, 5) is 14.5. The number of hydrogen-bond donors (Lipinski definition) is 2. The molecule has 0 bridgehead atoms. The molecule has 15 heavy (non-hydrogen) atoms. The van der Waals surface area contributed by atoms with Crippen LogP contribution < -0.4 is 5.32 Å². The van der Waals surface area contributed by atoms with Gasteiger partial charge in [-0.1, -0.05) is 0 Å². The maximum atomic E-state index is 11.9. The molecule has 1 aromatic rings. The van der Waals surface area contributed by atoms with Gasteiger partial charge < -0.3 is 10.4 Å². The van der Waals surface area contributed by atoms with E-state index in [0.717, 1.165) is 0 Å². The summed E-state index contributed by atoms with van der Waals surface area (Å²) < 4.78 is 23.8. The van der Waals surface area contributed by atoms with Gasteiger partial charge in [-0.25, -0.2) is 18.6 Å². The molecule has 0 saturated heterocycles. The third kappa shape index (κ3) is 2.87. The van der Waals surface area contributed by atoms with Crippen LogP contribution in [0, 0.1) is 6.92 Å². The number of rotatable bonds is 4. The van der Waals surface area contributed by atoms with Gasteiger partial charge in [-0.15, -0.1) is 0 Å². The number of nitrogens with zero attached hydrogens (tertiary/aromatic N) is 1. The van der Waals surface area contributed by atoms with Crippen LogP contribution in [-0.4, -0.2) is 29.0 Å². The Labute approximate surface area is 84.9 Å². The van der Waals surface area contributed by atoms with Crippen molar-refractivity contribution in [3.05, 3.63) is 23.4 Å². The molecule has 0 radical (unpaired) electrons. The van der Waals surface area contributed by atoms with Crippen LogP contribution in [0.4, 0.5) is 14.6 Å². The van der Waals surface area contributed by atoms with Crippen molar-refractivity contribution in [3.8, 4) is 0 Å². The first kappa shape index (κ1) is 11.4. The number of aromatic carboxylic acids is 1. The van der Waals surface area contributed by atoms with Gasteiger partial charge in [0.1, 0.15) is 11.4 Å². The minimum atomic E-state index is -2.55. The molecule has 0 amide bonds. The highest BCUT2D eigenvalue weighted by Crippen LogP contribution is 2.16. The summed E-state index contributed by atoms with van der Waals surface area (Å²) in [6.45, 7) is 0.968. The number of carbonyl (C=O) groups is 1. The highest BCUT2D eigenvalue weighted by Gasteiger charge is 2.15. The standard InChI is InChI=1S/C9H10F2N2O2/c1-5-2-3-12-8(7(5)9(14)15)13-4-6(10)11/h2-3,6H,4H2,1H3,(H,12,13)(H,14,15). The Kier molecular flexibility index (Phi) is 3.54. The number of nitrogens with one attached hydrogen (secondary N) is 1. The minimum absolute atomic E-state index is 0.0252. The molecule has 0 unspecified atom stereocenters. The van der Waals surface area contributed by atoms with E-state index in [9.17, 15) is 13.6 Å². The van der Waals surface area contributed by atoms with Gasteiger partial charge in [-0.2, -0.15) is 0 Å². The molecule has 0 aliphatic heterocycles. The van der Waals surface area contributed by atoms with E-state index in [1.54, 1.807) is 6.92 Å². The van der Waals surface area contributed by atoms with E-state index in [1.165, 1.54) is 12.3 Å². The lowest BCUT2D eigenvalue weighted by Gasteiger charge is -2.09. The first-order valence-corrected chi connectivity index (χ1v) is 4.23. The number of aromatic nitrogens is 1. The molecule has 1 rings (SSSR count). The molecule has 2 N–H and O–H groups in total. The van der Waals surface area contributed by atoms with Gasteiger partial charge in [0.05, 0.1) is 6.54 Å². The number of carboxylic acid groups (broad SMARTS) is 1. The van der Waals surface area contributed by atoms with Gasteiger partial charge in [-0.05, 0) is 18.6 Å². The molecule has 1 heterocycles. The average molecular weight is 216 g/mol. The number of hydrogen-bond acceptors (Lipinski definition) is 3. The number of halogens is 2. The van der Waals surface area contributed by atoms with E-state index < -0.39 is 18.9 Å². The Morgan fingerprint density at radius 2 is 2.33 bits per heavy atom. The van der Waals surface area contributed by atoms with Gasteiger partial charge >= 0.3 is 5.97 Å². The summed E-state index contributed by atoms with van der Waals surface area (Å²) in [6, 6.07) is 1.51. The first-order valence-electron chi connectivity index (χ1n) is 4.23. The van der Waals surface area contributed by atoms with Crippen molar-refractivity contribution in [1.29, 1.82) is 0 Å². The van der Waals surface area contributed by atoms with E-state index in [2.05, 4.69) is 10.3 Å². The zero-order valence-corrected chi connectivity index (χ0v) is 8.00. The summed E-state index contributed by atoms with van der Waals surface area (Å²) in [7, 11) is 0. The second kappa shape index (κ2) is 4.68. The fourth-order valence-electron chi connectivity index (χ4n) is 1.14. The predicted octanol–water partition coefficient (Wildman–Crippen LogP) is 1.77. The second-order valence-corrected chi connectivity index (χ2v) is 2.93. The third-order valence-electron chi connectivity index (χ3n) is 1.80. The van der Waals surface area contributed by atoms with Crippen molar-refractivity contribution < 1.29 is 18.7 Å². The van der Waals surface area contributed by atoms with Crippen LogP contribution in [0.5, 0.6) is 0 Å². The number of anilines is 1. The Morgan fingerprint density at radius 3 is 2.87 bits per heavy atom. The summed E-state index contributed by atoms with van der Waals surface area (Å²) in [6.07, 6.45) is -1.18. The Morgan fingerprint density at radius 1 is 1.67 bits per heavy atom. The Hall–Kier alpha value is -1.72. The Balaban J connectivity index is 2.96. The van der Waals surface area contributed by atoms with Gasteiger partial charge in [0.15, 0.2) is 0 Å². The van der Waals surface area contributed by atoms with Gasteiger partial charge in [0, 0.05) is 6.20 Å². The first-order chi connectivity index (χ1) is 7.02. The van der Waals surface area contributed by atoms with Crippen LogP contribution in [-0.2, 0) is 0 Å². The maximum absolute atomic E-state index is 11.9. The van der Waals surface area contributed by atoms with Crippen molar-refractivity contribution in [1.82, 2.24) is 4.98 Å². The molecule has 0 aliphatic carbocycles. The highest BCUT2D eigenvalue weighted by molar-refractivity contribution is 5.94. The lowest BCUT2D eigenvalue weighted by Crippen LogP contribution is -2.15. The van der Waals surface area contributed by atoms with Crippen LogP contribution in [0.2, 0.25) is 0 Å². The summed E-state index contributed by atoms with van der Waals surface area (Å²) in [5, 5.41) is 11.1. The number of carboxylic acids is 1. The number of pyridine rings is 1. The molecule has 1 aromatic heterocycles. The molecular formula is C9H10F2N2O2. The zero-order valence-electron chi connectivity index (χ0n) is 8.00. The topological polar surface area (TPSA) is 62.2 Å². The van der Waals surface area contributed by atoms with Gasteiger partial charge in [0.25, 0.3) is 6.43 Å². The van der Waals surface area contributed by atoms with Crippen LogP contribution in [0.15, 0.2) is 12.3 Å². The Bertz CT molecular complexity index is 369. The lowest BCUT2D eigenvalue weighted by molar-refractivity contribution is 0.0696. The molecular weight excluding hydrogens is 206 g/mol. The van der Waals surface area contributed by atoms with Crippen molar-refractivity contribution >= 4 is 11.8 Å². The van der Waals surface area contributed by atoms with E-state index >= 15 is 0 Å². The van der Waals surface area contributed by atoms with Crippen LogP contribution in [0.25, 0.3) is 0 Å². The molecule has 0 atom stereocenters. The fourth-order valence-corrected chi connectivity index (χ4v) is 1.14. The molecule has 0 saturated carbocycles. The molecule has 0 fully saturated rings. The molecule has 0 aromatic carbocycles. The number of aryl methyl sites for hydroxylation is 1. The predicted molar refractivity (Wildman–Crippen MR) is 50.4 cm³/mol. The monoisotopic (exact) mass is 216 g/mol. The van der Waals surface area contributed by atoms with Crippen molar-refractivity contribution in [3.63, 3.8) is 0 Å². The lowest BCUT2D eigenvalue weighted by atomic mass is 10.1. The minimum Gasteiger partial charge on any atom is -0.478 e. The van der Waals surface area contributed by atoms with Crippen LogP contribution in [0.1, 0.15) is 15.9 Å². The SMILES string of the molecule is Cc1ccnc(NCC(F)F)c1C(=O)O. The van der Waals surface area contributed by atoms with E-state index in [4.69, 9.17) is 5.11 Å².